The second kappa shape index (κ2) is 7.46. The van der Waals surface area contributed by atoms with E-state index in [4.69, 9.17) is 0 Å². The fourth-order valence-electron chi connectivity index (χ4n) is 3.89. The summed E-state index contributed by atoms with van der Waals surface area (Å²) in [5.41, 5.74) is 4.16. The number of nitrogens with one attached hydrogen (secondary N) is 1. The Bertz CT molecular complexity index is 1250. The molecule has 0 spiro atoms. The van der Waals surface area contributed by atoms with Crippen molar-refractivity contribution >= 4 is 11.5 Å². The van der Waals surface area contributed by atoms with Crippen LogP contribution >= 0.6 is 0 Å². The quantitative estimate of drug-likeness (QED) is 0.538. The normalized spacial score (nSPS) is 14.9. The number of fused-ring (bicyclic) bond motifs is 1. The predicted molar refractivity (Wildman–Crippen MR) is 116 cm³/mol. The van der Waals surface area contributed by atoms with E-state index in [-0.39, 0.29) is 11.6 Å². The van der Waals surface area contributed by atoms with Crippen molar-refractivity contribution in [2.75, 3.05) is 30.9 Å². The first-order valence-electron chi connectivity index (χ1n) is 9.89. The van der Waals surface area contributed by atoms with E-state index in [9.17, 15) is 8.78 Å². The number of benzene rings is 2. The molecule has 1 aliphatic rings. The van der Waals surface area contributed by atoms with E-state index in [1.807, 2.05) is 25.2 Å². The minimum Gasteiger partial charge on any atom is -0.378 e. The van der Waals surface area contributed by atoms with Crippen LogP contribution < -0.4 is 10.2 Å². The fourth-order valence-corrected chi connectivity index (χ4v) is 3.89. The fraction of sp³-hybridized carbons (Fsp3) is 0.174. The number of nitrogens with zero attached hydrogens (tertiary/aromatic N) is 5. The molecule has 0 saturated carbocycles. The highest BCUT2D eigenvalue weighted by atomic mass is 19.2. The highest BCUT2D eigenvalue weighted by Crippen LogP contribution is 2.37. The number of pyridine rings is 1. The van der Waals surface area contributed by atoms with E-state index in [1.165, 1.54) is 23.0 Å². The lowest BCUT2D eigenvalue weighted by molar-refractivity contribution is 0.503. The molecule has 31 heavy (non-hydrogen) atoms. The molecule has 1 atom stereocenters. The molecule has 1 unspecified atom stereocenters. The van der Waals surface area contributed by atoms with Gasteiger partial charge in [-0.2, -0.15) is 0 Å². The maximum Gasteiger partial charge on any atom is 0.182 e. The second-order valence-corrected chi connectivity index (χ2v) is 7.67. The molecular formula is C23H20F2N6. The van der Waals surface area contributed by atoms with Gasteiger partial charge in [-0.1, -0.05) is 18.2 Å². The van der Waals surface area contributed by atoms with Crippen molar-refractivity contribution in [2.45, 2.75) is 5.92 Å². The standard InChI is InChI=1S/C23H20F2N6/c1-30(2)16-8-6-14(7-9-16)15-10-17-18(12-27-22(17)26-11-15)23-29-28-13-31(23)20-5-3-4-19(24)21(20)25/h3-11,13,18H,12H2,1-2H3,(H,26,27). The third kappa shape index (κ3) is 3.30. The topological polar surface area (TPSA) is 58.9 Å². The van der Waals surface area contributed by atoms with Crippen molar-refractivity contribution in [3.8, 4) is 16.8 Å². The number of rotatable bonds is 4. The van der Waals surface area contributed by atoms with Crippen molar-refractivity contribution in [1.29, 1.82) is 0 Å². The van der Waals surface area contributed by atoms with Crippen LogP contribution in [-0.2, 0) is 0 Å². The number of halogens is 2. The zero-order chi connectivity index (χ0) is 21.5. The van der Waals surface area contributed by atoms with E-state index in [1.54, 1.807) is 0 Å². The minimum absolute atomic E-state index is 0.0804. The van der Waals surface area contributed by atoms with E-state index in [0.29, 0.717) is 12.4 Å². The van der Waals surface area contributed by atoms with Gasteiger partial charge in [-0.05, 0) is 35.9 Å². The Kier molecular flexibility index (Phi) is 4.62. The van der Waals surface area contributed by atoms with Gasteiger partial charge >= 0.3 is 0 Å². The third-order valence-corrected chi connectivity index (χ3v) is 5.56. The Hall–Kier alpha value is -3.81. The molecule has 2 aromatic heterocycles. The van der Waals surface area contributed by atoms with Crippen LogP contribution in [0.5, 0.6) is 0 Å². The SMILES string of the molecule is CN(C)c1ccc(-c2cnc3c(c2)C(c2nncn2-c2cccc(F)c2F)CN3)cc1. The summed E-state index contributed by atoms with van der Waals surface area (Å²) in [6.45, 7) is 0.543. The second-order valence-electron chi connectivity index (χ2n) is 7.67. The Morgan fingerprint density at radius 1 is 1.06 bits per heavy atom. The van der Waals surface area contributed by atoms with Crippen LogP contribution in [0.4, 0.5) is 20.3 Å². The van der Waals surface area contributed by atoms with Gasteiger partial charge in [0.1, 0.15) is 18.0 Å². The Morgan fingerprint density at radius 2 is 1.87 bits per heavy atom. The Labute approximate surface area is 178 Å². The molecule has 2 aromatic carbocycles. The van der Waals surface area contributed by atoms with E-state index in [2.05, 4.69) is 50.8 Å². The monoisotopic (exact) mass is 418 g/mol. The molecule has 156 valence electrons. The lowest BCUT2D eigenvalue weighted by atomic mass is 9.98. The highest BCUT2D eigenvalue weighted by molar-refractivity contribution is 5.70. The molecule has 0 aliphatic carbocycles. The summed E-state index contributed by atoms with van der Waals surface area (Å²) < 4.78 is 29.7. The van der Waals surface area contributed by atoms with E-state index >= 15 is 0 Å². The maximum absolute atomic E-state index is 14.4. The number of aromatic nitrogens is 4. The van der Waals surface area contributed by atoms with Gasteiger partial charge in [-0.15, -0.1) is 10.2 Å². The van der Waals surface area contributed by atoms with Gasteiger partial charge in [-0.3, -0.25) is 4.57 Å². The third-order valence-electron chi connectivity index (χ3n) is 5.56. The van der Waals surface area contributed by atoms with E-state index < -0.39 is 11.6 Å². The summed E-state index contributed by atoms with van der Waals surface area (Å²) >= 11 is 0. The highest BCUT2D eigenvalue weighted by Gasteiger charge is 2.30. The first kappa shape index (κ1) is 19.2. The van der Waals surface area contributed by atoms with Crippen LogP contribution in [0.3, 0.4) is 0 Å². The van der Waals surface area contributed by atoms with Gasteiger partial charge in [-0.25, -0.2) is 13.8 Å². The zero-order valence-electron chi connectivity index (χ0n) is 17.0. The van der Waals surface area contributed by atoms with Gasteiger partial charge in [0.2, 0.25) is 0 Å². The van der Waals surface area contributed by atoms with Gasteiger partial charge in [0, 0.05) is 43.7 Å². The average molecular weight is 418 g/mol. The summed E-state index contributed by atoms with van der Waals surface area (Å²) in [6.07, 6.45) is 3.23. The van der Waals surface area contributed by atoms with Crippen molar-refractivity contribution in [3.63, 3.8) is 0 Å². The molecule has 3 heterocycles. The molecule has 0 bridgehead atoms. The summed E-state index contributed by atoms with van der Waals surface area (Å²) in [5.74, 6) is -0.756. The molecule has 1 aliphatic heterocycles. The zero-order valence-corrected chi connectivity index (χ0v) is 17.0. The van der Waals surface area contributed by atoms with Crippen molar-refractivity contribution in [3.05, 3.63) is 84.1 Å². The van der Waals surface area contributed by atoms with Crippen molar-refractivity contribution < 1.29 is 8.78 Å². The van der Waals surface area contributed by atoms with Gasteiger partial charge in [0.25, 0.3) is 0 Å². The van der Waals surface area contributed by atoms with Crippen LogP contribution in [0.1, 0.15) is 17.3 Å². The predicted octanol–water partition coefficient (Wildman–Crippen LogP) is 4.23. The number of anilines is 2. The minimum atomic E-state index is -0.928. The van der Waals surface area contributed by atoms with Gasteiger partial charge < -0.3 is 10.2 Å². The molecule has 0 saturated heterocycles. The Morgan fingerprint density at radius 3 is 2.65 bits per heavy atom. The molecule has 8 heteroatoms. The first-order chi connectivity index (χ1) is 15.0. The molecular weight excluding hydrogens is 398 g/mol. The molecule has 0 radical (unpaired) electrons. The largest absolute Gasteiger partial charge is 0.378 e. The van der Waals surface area contributed by atoms with Crippen molar-refractivity contribution in [1.82, 2.24) is 19.7 Å². The molecule has 0 amide bonds. The summed E-state index contributed by atoms with van der Waals surface area (Å²) in [7, 11) is 4.00. The van der Waals surface area contributed by atoms with Crippen LogP contribution in [0.15, 0.2) is 61.1 Å². The molecule has 6 nitrogen and oxygen atoms in total. The number of hydrogen-bond acceptors (Lipinski definition) is 5. The van der Waals surface area contributed by atoms with E-state index in [0.717, 1.165) is 34.3 Å². The first-order valence-corrected chi connectivity index (χ1v) is 9.89. The summed E-state index contributed by atoms with van der Waals surface area (Å²) in [6, 6.07) is 14.4. The lowest BCUT2D eigenvalue weighted by Crippen LogP contribution is -2.12. The van der Waals surface area contributed by atoms with Gasteiger partial charge in [0.15, 0.2) is 11.6 Å². The van der Waals surface area contributed by atoms with Crippen LogP contribution in [0, 0.1) is 11.6 Å². The van der Waals surface area contributed by atoms with Gasteiger partial charge in [0.05, 0.1) is 11.6 Å². The lowest BCUT2D eigenvalue weighted by Gasteiger charge is -2.14. The summed E-state index contributed by atoms with van der Waals surface area (Å²) in [4.78, 5) is 6.62. The smallest absolute Gasteiger partial charge is 0.182 e. The number of hydrogen-bond donors (Lipinski definition) is 1. The molecule has 4 aromatic rings. The maximum atomic E-state index is 14.4. The van der Waals surface area contributed by atoms with Crippen LogP contribution in [0.25, 0.3) is 16.8 Å². The average Bonchev–Trinajstić information content (AvgIpc) is 3.42. The van der Waals surface area contributed by atoms with Crippen LogP contribution in [-0.4, -0.2) is 40.4 Å². The molecule has 5 rings (SSSR count). The summed E-state index contributed by atoms with van der Waals surface area (Å²) in [5, 5.41) is 11.5. The van der Waals surface area contributed by atoms with Crippen molar-refractivity contribution in [2.24, 2.45) is 0 Å². The Balaban J connectivity index is 1.54. The van der Waals surface area contributed by atoms with Crippen LogP contribution in [0.2, 0.25) is 0 Å². The molecule has 0 fully saturated rings. The molecule has 1 N–H and O–H groups in total.